The predicted molar refractivity (Wildman–Crippen MR) is 126 cm³/mol. The molecule has 2 heterocycles. The molecule has 33 heavy (non-hydrogen) atoms. The summed E-state index contributed by atoms with van der Waals surface area (Å²) >= 11 is 0. The van der Waals surface area contributed by atoms with Gasteiger partial charge in [-0.2, -0.15) is 5.10 Å². The fourth-order valence-electron chi connectivity index (χ4n) is 3.78. The van der Waals surface area contributed by atoms with Gasteiger partial charge in [0.15, 0.2) is 5.82 Å². The highest BCUT2D eigenvalue weighted by Crippen LogP contribution is 2.26. The van der Waals surface area contributed by atoms with Gasteiger partial charge in [0.2, 0.25) is 0 Å². The third-order valence-corrected chi connectivity index (χ3v) is 5.26. The van der Waals surface area contributed by atoms with Gasteiger partial charge >= 0.3 is 5.97 Å². The zero-order valence-electron chi connectivity index (χ0n) is 17.9. The topological polar surface area (TPSA) is 79.0 Å². The summed E-state index contributed by atoms with van der Waals surface area (Å²) in [4.78, 5) is 31.6. The van der Waals surface area contributed by atoms with Gasteiger partial charge in [-0.15, -0.1) is 0 Å². The number of aromatic nitrogens is 4. The number of carbonyl (C=O) groups is 1. The molecule has 7 heteroatoms. The number of esters is 1. The lowest BCUT2D eigenvalue weighted by Gasteiger charge is -2.17. The number of rotatable bonds is 5. The Morgan fingerprint density at radius 1 is 0.909 bits per heavy atom. The number of fused-ring (bicyclic) bond motifs is 1. The molecule has 162 valence electrons. The van der Waals surface area contributed by atoms with E-state index in [0.717, 1.165) is 5.56 Å². The summed E-state index contributed by atoms with van der Waals surface area (Å²) < 4.78 is 8.30. The summed E-state index contributed by atoms with van der Waals surface area (Å²) in [5, 5.41) is 4.89. The van der Waals surface area contributed by atoms with Crippen molar-refractivity contribution in [3.63, 3.8) is 0 Å². The fourth-order valence-corrected chi connectivity index (χ4v) is 3.78. The molecule has 0 aliphatic rings. The zero-order valence-corrected chi connectivity index (χ0v) is 17.9. The van der Waals surface area contributed by atoms with Gasteiger partial charge in [-0.25, -0.2) is 19.0 Å². The molecule has 5 aromatic rings. The van der Waals surface area contributed by atoms with E-state index in [9.17, 15) is 9.59 Å². The molecule has 0 radical (unpaired) electrons. The van der Waals surface area contributed by atoms with Crippen molar-refractivity contribution in [1.82, 2.24) is 19.3 Å². The van der Waals surface area contributed by atoms with Gasteiger partial charge in [0.05, 0.1) is 29.4 Å². The average molecular weight is 436 g/mol. The molecule has 3 aromatic carbocycles. The van der Waals surface area contributed by atoms with Gasteiger partial charge in [-0.05, 0) is 31.2 Å². The van der Waals surface area contributed by atoms with Crippen LogP contribution in [0.15, 0.2) is 95.9 Å². The van der Waals surface area contributed by atoms with Gasteiger partial charge in [-0.1, -0.05) is 60.7 Å². The van der Waals surface area contributed by atoms with Crippen molar-refractivity contribution in [2.45, 2.75) is 6.92 Å². The van der Waals surface area contributed by atoms with Crippen molar-refractivity contribution in [3.05, 3.63) is 107 Å². The molecule has 0 aliphatic carbocycles. The van der Waals surface area contributed by atoms with Crippen molar-refractivity contribution in [2.24, 2.45) is 0 Å². The monoisotopic (exact) mass is 436 g/mol. The maximum atomic E-state index is 13.9. The first kappa shape index (κ1) is 20.4. The maximum absolute atomic E-state index is 13.9. The average Bonchev–Trinajstić information content (AvgIpc) is 3.30. The first-order valence-electron chi connectivity index (χ1n) is 10.6. The molecule has 0 saturated heterocycles. The van der Waals surface area contributed by atoms with Crippen LogP contribution < -0.4 is 5.56 Å². The summed E-state index contributed by atoms with van der Waals surface area (Å²) in [7, 11) is 0. The molecule has 7 nitrogen and oxygen atoms in total. The second-order valence-electron chi connectivity index (χ2n) is 7.31. The molecule has 0 spiro atoms. The van der Waals surface area contributed by atoms with E-state index in [4.69, 9.17) is 9.72 Å². The molecule has 0 atom stereocenters. The minimum Gasteiger partial charge on any atom is -0.462 e. The van der Waals surface area contributed by atoms with E-state index in [0.29, 0.717) is 22.4 Å². The van der Waals surface area contributed by atoms with Crippen LogP contribution in [0.4, 0.5) is 0 Å². The lowest BCUT2D eigenvalue weighted by atomic mass is 10.1. The van der Waals surface area contributed by atoms with Crippen molar-refractivity contribution in [2.75, 3.05) is 6.61 Å². The van der Waals surface area contributed by atoms with E-state index in [2.05, 4.69) is 5.10 Å². The molecular weight excluding hydrogens is 416 g/mol. The number of hydrogen-bond acceptors (Lipinski definition) is 5. The summed E-state index contributed by atoms with van der Waals surface area (Å²) in [6.45, 7) is 1.93. The third kappa shape index (κ3) is 3.59. The minimum atomic E-state index is -0.561. The summed E-state index contributed by atoms with van der Waals surface area (Å²) in [5.74, 6) is 0.123. The van der Waals surface area contributed by atoms with E-state index in [1.807, 2.05) is 66.7 Å². The highest BCUT2D eigenvalue weighted by atomic mass is 16.5. The Bertz CT molecular complexity index is 1510. The summed E-state index contributed by atoms with van der Waals surface area (Å²) in [5.41, 5.74) is 1.87. The highest BCUT2D eigenvalue weighted by Gasteiger charge is 2.26. The Labute approximate surface area is 189 Å². The molecule has 5 rings (SSSR count). The number of para-hydroxylation sites is 2. The van der Waals surface area contributed by atoms with Crippen molar-refractivity contribution < 1.29 is 9.53 Å². The Morgan fingerprint density at radius 2 is 1.58 bits per heavy atom. The maximum Gasteiger partial charge on any atom is 0.343 e. The fraction of sp³-hybridized carbons (Fsp3) is 0.0769. The molecular formula is C26H20N4O3. The second kappa shape index (κ2) is 8.55. The molecule has 0 saturated carbocycles. The number of ether oxygens (including phenoxy) is 1. The third-order valence-electron chi connectivity index (χ3n) is 5.26. The van der Waals surface area contributed by atoms with Crippen LogP contribution in [0.2, 0.25) is 0 Å². The van der Waals surface area contributed by atoms with E-state index < -0.39 is 5.97 Å². The first-order valence-corrected chi connectivity index (χ1v) is 10.6. The zero-order chi connectivity index (χ0) is 22.8. The van der Waals surface area contributed by atoms with Gasteiger partial charge < -0.3 is 4.74 Å². The van der Waals surface area contributed by atoms with E-state index in [1.165, 1.54) is 10.8 Å². The molecule has 0 unspecified atom stereocenters. The standard InChI is InChI=1S/C26H20N4O3/c1-2-33-26(32)21-17-27-30(19-13-7-4-8-14-19)24(21)29-23(18-11-5-3-6-12-18)28-22-16-10-9-15-20(22)25(29)31/h3-17H,2H2,1H3. The molecule has 0 N–H and O–H groups in total. The number of carbonyl (C=O) groups excluding carboxylic acids is 1. The van der Waals surface area contributed by atoms with Crippen LogP contribution in [0, 0.1) is 0 Å². The largest absolute Gasteiger partial charge is 0.462 e. The summed E-state index contributed by atoms with van der Waals surface area (Å²) in [6, 6.07) is 25.9. The lowest BCUT2D eigenvalue weighted by molar-refractivity contribution is 0.0526. The Balaban J connectivity index is 1.91. The summed E-state index contributed by atoms with van der Waals surface area (Å²) in [6.07, 6.45) is 1.43. The SMILES string of the molecule is CCOC(=O)c1cnn(-c2ccccc2)c1-n1c(-c2ccccc2)nc2ccccc2c1=O. The minimum absolute atomic E-state index is 0.178. The molecule has 2 aromatic heterocycles. The molecule has 0 fully saturated rings. The van der Waals surface area contributed by atoms with Crippen molar-refractivity contribution in [3.8, 4) is 22.9 Å². The van der Waals surface area contributed by atoms with E-state index in [-0.39, 0.29) is 23.5 Å². The van der Waals surface area contributed by atoms with Crippen LogP contribution in [0.1, 0.15) is 17.3 Å². The molecule has 0 aliphatic heterocycles. The second-order valence-corrected chi connectivity index (χ2v) is 7.31. The Morgan fingerprint density at radius 3 is 2.30 bits per heavy atom. The Kier molecular flexibility index (Phi) is 5.28. The van der Waals surface area contributed by atoms with Gasteiger partial charge in [0.1, 0.15) is 11.4 Å². The van der Waals surface area contributed by atoms with Crippen molar-refractivity contribution >= 4 is 16.9 Å². The van der Waals surface area contributed by atoms with Crippen LogP contribution in [0.3, 0.4) is 0 Å². The Hall–Kier alpha value is -4.52. The highest BCUT2D eigenvalue weighted by molar-refractivity contribution is 5.93. The lowest BCUT2D eigenvalue weighted by Crippen LogP contribution is -2.26. The smallest absolute Gasteiger partial charge is 0.343 e. The number of hydrogen-bond donors (Lipinski definition) is 0. The molecule has 0 amide bonds. The van der Waals surface area contributed by atoms with Crippen LogP contribution in [0.25, 0.3) is 33.8 Å². The quantitative estimate of drug-likeness (QED) is 0.381. The van der Waals surface area contributed by atoms with Crippen molar-refractivity contribution in [1.29, 1.82) is 0 Å². The van der Waals surface area contributed by atoms with Crippen LogP contribution >= 0.6 is 0 Å². The van der Waals surface area contributed by atoms with Gasteiger partial charge in [-0.3, -0.25) is 4.79 Å². The van der Waals surface area contributed by atoms with Crippen LogP contribution in [0.5, 0.6) is 0 Å². The van der Waals surface area contributed by atoms with E-state index in [1.54, 1.807) is 29.8 Å². The normalized spacial score (nSPS) is 10.9. The van der Waals surface area contributed by atoms with E-state index >= 15 is 0 Å². The predicted octanol–water partition coefficient (Wildman–Crippen LogP) is 4.42. The number of benzene rings is 3. The first-order chi connectivity index (χ1) is 16.2. The van der Waals surface area contributed by atoms with Crippen LogP contribution in [-0.4, -0.2) is 31.9 Å². The van der Waals surface area contributed by atoms with Gasteiger partial charge in [0.25, 0.3) is 5.56 Å². The molecule has 0 bridgehead atoms. The number of nitrogens with zero attached hydrogens (tertiary/aromatic N) is 4. The van der Waals surface area contributed by atoms with Gasteiger partial charge in [0, 0.05) is 5.56 Å². The van der Waals surface area contributed by atoms with Crippen LogP contribution in [-0.2, 0) is 4.74 Å².